The van der Waals surface area contributed by atoms with Crippen LogP contribution in [0.2, 0.25) is 0 Å². The van der Waals surface area contributed by atoms with E-state index in [4.69, 9.17) is 5.73 Å². The number of fused-ring (bicyclic) bond motifs is 1. The first-order chi connectivity index (χ1) is 9.01. The summed E-state index contributed by atoms with van der Waals surface area (Å²) in [7, 11) is 0. The summed E-state index contributed by atoms with van der Waals surface area (Å²) in [6.07, 6.45) is 1.14. The summed E-state index contributed by atoms with van der Waals surface area (Å²) in [6.45, 7) is 6.35. The number of aromatic nitrogens is 1. The normalized spacial score (nSPS) is 15.1. The van der Waals surface area contributed by atoms with Gasteiger partial charge in [0.05, 0.1) is 10.2 Å². The lowest BCUT2D eigenvalue weighted by Crippen LogP contribution is -2.29. The molecule has 104 valence electrons. The average molecular weight is 278 g/mol. The fourth-order valence-electron chi connectivity index (χ4n) is 2.19. The van der Waals surface area contributed by atoms with Crippen LogP contribution in [0.25, 0.3) is 10.2 Å². The second kappa shape index (κ2) is 5.99. The van der Waals surface area contributed by atoms with Gasteiger partial charge in [0, 0.05) is 6.04 Å². The Balaban J connectivity index is 2.25. The number of nitrogens with two attached hydrogens (primary N) is 1. The first-order valence-corrected chi connectivity index (χ1v) is 7.66. The van der Waals surface area contributed by atoms with E-state index in [9.17, 15) is 5.11 Å². The van der Waals surface area contributed by atoms with Gasteiger partial charge >= 0.3 is 0 Å². The molecule has 0 fully saturated rings. The molecule has 0 saturated heterocycles. The van der Waals surface area contributed by atoms with Crippen LogP contribution in [0.4, 0.5) is 0 Å². The maximum Gasteiger partial charge on any atom is 0.124 e. The second-order valence-electron chi connectivity index (χ2n) is 5.45. The van der Waals surface area contributed by atoms with Gasteiger partial charge < -0.3 is 10.8 Å². The van der Waals surface area contributed by atoms with Crippen LogP contribution in [0.5, 0.6) is 0 Å². The van der Waals surface area contributed by atoms with Crippen molar-refractivity contribution >= 4 is 21.6 Å². The topological polar surface area (TPSA) is 59.1 Å². The molecule has 1 heterocycles. The van der Waals surface area contributed by atoms with E-state index in [1.54, 1.807) is 0 Å². The summed E-state index contributed by atoms with van der Waals surface area (Å²) >= 11 is 1.54. The third-order valence-electron chi connectivity index (χ3n) is 3.28. The Labute approximate surface area is 118 Å². The van der Waals surface area contributed by atoms with E-state index in [1.807, 2.05) is 0 Å². The highest BCUT2D eigenvalue weighted by Gasteiger charge is 2.21. The number of benzene rings is 1. The number of hydrogen-bond donors (Lipinski definition) is 2. The van der Waals surface area contributed by atoms with Crippen LogP contribution in [0.1, 0.15) is 43.9 Å². The predicted molar refractivity (Wildman–Crippen MR) is 81.4 cm³/mol. The summed E-state index contributed by atoms with van der Waals surface area (Å²) in [5.41, 5.74) is 8.28. The second-order valence-corrected chi connectivity index (χ2v) is 6.51. The van der Waals surface area contributed by atoms with Gasteiger partial charge in [0.1, 0.15) is 11.1 Å². The van der Waals surface area contributed by atoms with Gasteiger partial charge in [0.15, 0.2) is 0 Å². The molecular formula is C15H22N2OS. The number of aliphatic hydroxyl groups is 1. The quantitative estimate of drug-likeness (QED) is 0.882. The molecule has 0 amide bonds. The lowest BCUT2D eigenvalue weighted by Gasteiger charge is -2.18. The van der Waals surface area contributed by atoms with Crippen molar-refractivity contribution in [2.45, 2.75) is 45.8 Å². The molecule has 1 aromatic heterocycles. The maximum absolute atomic E-state index is 10.3. The summed E-state index contributed by atoms with van der Waals surface area (Å²) in [6, 6.07) is 6.04. The highest BCUT2D eigenvalue weighted by molar-refractivity contribution is 7.18. The fraction of sp³-hybridized carbons (Fsp3) is 0.533. The Morgan fingerprint density at radius 2 is 2.11 bits per heavy atom. The van der Waals surface area contributed by atoms with Gasteiger partial charge in [-0.2, -0.15) is 0 Å². The van der Waals surface area contributed by atoms with Crippen LogP contribution >= 0.6 is 11.3 Å². The SMILES string of the molecule is CCc1ccc2sc([C@@H](O)[C@H](N)CC(C)C)nc2c1. The fourth-order valence-corrected chi connectivity index (χ4v) is 3.20. The molecule has 4 heteroatoms. The van der Waals surface area contributed by atoms with Crippen molar-refractivity contribution in [3.8, 4) is 0 Å². The van der Waals surface area contributed by atoms with E-state index in [0.717, 1.165) is 28.1 Å². The van der Waals surface area contributed by atoms with Gasteiger partial charge in [-0.15, -0.1) is 11.3 Å². The van der Waals surface area contributed by atoms with E-state index in [2.05, 4.69) is 44.0 Å². The molecule has 0 bridgehead atoms. The molecule has 19 heavy (non-hydrogen) atoms. The Morgan fingerprint density at radius 1 is 1.37 bits per heavy atom. The predicted octanol–water partition coefficient (Wildman–Crippen LogP) is 3.27. The molecule has 1 aromatic carbocycles. The molecule has 0 aliphatic carbocycles. The number of rotatable bonds is 5. The maximum atomic E-state index is 10.3. The van der Waals surface area contributed by atoms with Gasteiger partial charge in [-0.05, 0) is 36.5 Å². The van der Waals surface area contributed by atoms with Crippen molar-refractivity contribution < 1.29 is 5.11 Å². The van der Waals surface area contributed by atoms with Gasteiger partial charge in [-0.25, -0.2) is 4.98 Å². The van der Waals surface area contributed by atoms with Crippen LogP contribution in [0.15, 0.2) is 18.2 Å². The highest BCUT2D eigenvalue weighted by Crippen LogP contribution is 2.29. The van der Waals surface area contributed by atoms with E-state index in [-0.39, 0.29) is 6.04 Å². The van der Waals surface area contributed by atoms with Crippen LogP contribution in [0.3, 0.4) is 0 Å². The lowest BCUT2D eigenvalue weighted by molar-refractivity contribution is 0.136. The molecule has 0 radical (unpaired) electrons. The minimum Gasteiger partial charge on any atom is -0.384 e. The van der Waals surface area contributed by atoms with E-state index in [0.29, 0.717) is 5.92 Å². The molecule has 0 unspecified atom stereocenters. The molecule has 2 atom stereocenters. The largest absolute Gasteiger partial charge is 0.384 e. The van der Waals surface area contributed by atoms with Crippen LogP contribution in [-0.2, 0) is 6.42 Å². The number of thiazole rings is 1. The zero-order valence-corrected chi connectivity index (χ0v) is 12.6. The molecule has 3 N–H and O–H groups in total. The summed E-state index contributed by atoms with van der Waals surface area (Å²) < 4.78 is 1.11. The Kier molecular flexibility index (Phi) is 4.55. The van der Waals surface area contributed by atoms with Crippen molar-refractivity contribution in [2.24, 2.45) is 11.7 Å². The number of aryl methyl sites for hydroxylation is 1. The summed E-state index contributed by atoms with van der Waals surface area (Å²) in [5.74, 6) is 0.478. The minimum atomic E-state index is -0.662. The van der Waals surface area contributed by atoms with Gasteiger partial charge in [-0.1, -0.05) is 26.8 Å². The zero-order valence-electron chi connectivity index (χ0n) is 11.8. The highest BCUT2D eigenvalue weighted by atomic mass is 32.1. The number of aliphatic hydroxyl groups excluding tert-OH is 1. The number of hydrogen-bond acceptors (Lipinski definition) is 4. The van der Waals surface area contributed by atoms with E-state index < -0.39 is 6.10 Å². The zero-order chi connectivity index (χ0) is 14.0. The van der Waals surface area contributed by atoms with E-state index >= 15 is 0 Å². The third kappa shape index (κ3) is 3.32. The average Bonchev–Trinajstić information content (AvgIpc) is 2.79. The standard InChI is InChI=1S/C15H22N2OS/c1-4-10-5-6-13-12(8-10)17-15(19-13)14(18)11(16)7-9(2)3/h5-6,8-9,11,14,18H,4,7,16H2,1-3H3/t11-,14+/m1/s1. The Bertz CT molecular complexity index is 550. The van der Waals surface area contributed by atoms with Crippen molar-refractivity contribution in [3.63, 3.8) is 0 Å². The molecule has 2 rings (SSSR count). The van der Waals surface area contributed by atoms with Crippen molar-refractivity contribution in [1.29, 1.82) is 0 Å². The van der Waals surface area contributed by atoms with Gasteiger partial charge in [-0.3, -0.25) is 0 Å². The van der Waals surface area contributed by atoms with Gasteiger partial charge in [0.2, 0.25) is 0 Å². The van der Waals surface area contributed by atoms with Crippen molar-refractivity contribution in [3.05, 3.63) is 28.8 Å². The molecule has 0 spiro atoms. The Hall–Kier alpha value is -0.970. The first kappa shape index (κ1) is 14.4. The smallest absolute Gasteiger partial charge is 0.124 e. The monoisotopic (exact) mass is 278 g/mol. The van der Waals surface area contributed by atoms with Crippen molar-refractivity contribution in [1.82, 2.24) is 4.98 Å². The number of nitrogens with zero attached hydrogens (tertiary/aromatic N) is 1. The van der Waals surface area contributed by atoms with Crippen LogP contribution in [0, 0.1) is 5.92 Å². The van der Waals surface area contributed by atoms with Crippen LogP contribution < -0.4 is 5.73 Å². The molecule has 0 saturated carbocycles. The molecule has 0 aliphatic heterocycles. The van der Waals surface area contributed by atoms with Crippen molar-refractivity contribution in [2.75, 3.05) is 0 Å². The molecular weight excluding hydrogens is 256 g/mol. The van der Waals surface area contributed by atoms with Gasteiger partial charge in [0.25, 0.3) is 0 Å². The van der Waals surface area contributed by atoms with Crippen LogP contribution in [-0.4, -0.2) is 16.1 Å². The Morgan fingerprint density at radius 3 is 2.74 bits per heavy atom. The summed E-state index contributed by atoms with van der Waals surface area (Å²) in [4.78, 5) is 4.54. The first-order valence-electron chi connectivity index (χ1n) is 6.84. The minimum absolute atomic E-state index is 0.244. The summed E-state index contributed by atoms with van der Waals surface area (Å²) in [5, 5.41) is 11.0. The molecule has 3 nitrogen and oxygen atoms in total. The third-order valence-corrected chi connectivity index (χ3v) is 4.39. The van der Waals surface area contributed by atoms with E-state index in [1.165, 1.54) is 16.9 Å². The molecule has 0 aliphatic rings. The molecule has 2 aromatic rings. The lowest BCUT2D eigenvalue weighted by atomic mass is 10.0.